The van der Waals surface area contributed by atoms with Gasteiger partial charge in [0.25, 0.3) is 0 Å². The minimum absolute atomic E-state index is 0.00822. The van der Waals surface area contributed by atoms with E-state index in [0.717, 1.165) is 26.1 Å². The van der Waals surface area contributed by atoms with Crippen LogP contribution < -0.4 is 0 Å². The first-order chi connectivity index (χ1) is 9.21. The number of aliphatic hydroxyl groups excluding tert-OH is 1. The predicted molar refractivity (Wildman–Crippen MR) is 73.2 cm³/mol. The lowest BCUT2D eigenvalue weighted by Crippen LogP contribution is -2.55. The van der Waals surface area contributed by atoms with E-state index >= 15 is 0 Å². The molecule has 1 spiro atoms. The van der Waals surface area contributed by atoms with Gasteiger partial charge in [0, 0.05) is 25.7 Å². The van der Waals surface area contributed by atoms with E-state index in [2.05, 4.69) is 11.8 Å². The van der Waals surface area contributed by atoms with E-state index in [4.69, 9.17) is 9.47 Å². The highest BCUT2D eigenvalue weighted by Gasteiger charge is 2.42. The summed E-state index contributed by atoms with van der Waals surface area (Å²) < 4.78 is 11.9. The van der Waals surface area contributed by atoms with Crippen molar-refractivity contribution in [3.63, 3.8) is 0 Å². The molecule has 4 nitrogen and oxygen atoms in total. The molecule has 0 amide bonds. The van der Waals surface area contributed by atoms with Gasteiger partial charge < -0.3 is 14.6 Å². The Morgan fingerprint density at radius 3 is 2.79 bits per heavy atom. The van der Waals surface area contributed by atoms with Crippen LogP contribution in [0.25, 0.3) is 0 Å². The van der Waals surface area contributed by atoms with E-state index in [1.54, 1.807) is 0 Å². The van der Waals surface area contributed by atoms with Gasteiger partial charge in [-0.05, 0) is 32.6 Å². The Morgan fingerprint density at radius 1 is 1.26 bits per heavy atom. The number of morpholine rings is 1. The number of hydrogen-bond donors (Lipinski definition) is 1. The fraction of sp³-hybridized carbons (Fsp3) is 1.00. The quantitative estimate of drug-likeness (QED) is 0.826. The molecule has 1 saturated carbocycles. The molecule has 3 fully saturated rings. The van der Waals surface area contributed by atoms with Gasteiger partial charge in [-0.3, -0.25) is 4.90 Å². The molecule has 3 aliphatic rings. The second kappa shape index (κ2) is 5.68. The lowest BCUT2D eigenvalue weighted by Gasteiger charge is -2.46. The zero-order chi connectivity index (χ0) is 13.3. The Kier molecular flexibility index (Phi) is 4.13. The van der Waals surface area contributed by atoms with E-state index in [-0.39, 0.29) is 24.4 Å². The molecule has 2 aliphatic heterocycles. The van der Waals surface area contributed by atoms with Crippen molar-refractivity contribution in [3.8, 4) is 0 Å². The Labute approximate surface area is 116 Å². The number of hydrogen-bond acceptors (Lipinski definition) is 4. The van der Waals surface area contributed by atoms with Gasteiger partial charge in [-0.15, -0.1) is 0 Å². The average molecular weight is 269 g/mol. The van der Waals surface area contributed by atoms with E-state index in [0.29, 0.717) is 6.04 Å². The summed E-state index contributed by atoms with van der Waals surface area (Å²) in [5.41, 5.74) is 0.180. The first-order valence-corrected chi connectivity index (χ1v) is 7.85. The third kappa shape index (κ3) is 2.97. The average Bonchev–Trinajstić information content (AvgIpc) is 2.86. The minimum atomic E-state index is -0.00822. The molecule has 3 rings (SSSR count). The molecule has 0 radical (unpaired) electrons. The van der Waals surface area contributed by atoms with Crippen LogP contribution in [-0.4, -0.2) is 60.2 Å². The fourth-order valence-corrected chi connectivity index (χ4v) is 4.16. The van der Waals surface area contributed by atoms with Crippen molar-refractivity contribution in [1.82, 2.24) is 4.90 Å². The van der Waals surface area contributed by atoms with Crippen LogP contribution in [0.4, 0.5) is 0 Å². The smallest absolute Gasteiger partial charge is 0.0936 e. The zero-order valence-corrected chi connectivity index (χ0v) is 12.0. The summed E-state index contributed by atoms with van der Waals surface area (Å²) >= 11 is 0. The second-order valence-electron chi connectivity index (χ2n) is 6.59. The zero-order valence-electron chi connectivity index (χ0n) is 12.0. The molecule has 0 aromatic carbocycles. The van der Waals surface area contributed by atoms with E-state index in [1.807, 2.05) is 0 Å². The van der Waals surface area contributed by atoms with Crippen molar-refractivity contribution in [2.45, 2.75) is 69.3 Å². The second-order valence-corrected chi connectivity index (χ2v) is 6.59. The van der Waals surface area contributed by atoms with Crippen LogP contribution in [0.2, 0.25) is 0 Å². The molecular formula is C15H27NO3. The molecule has 19 heavy (non-hydrogen) atoms. The lowest BCUT2D eigenvalue weighted by molar-refractivity contribution is -0.142. The monoisotopic (exact) mass is 269 g/mol. The summed E-state index contributed by atoms with van der Waals surface area (Å²) in [6.45, 7) is 5.02. The molecule has 110 valence electrons. The standard InChI is InChI=1S/C15H27NO3/c1-12-9-16(10-14(11-17)19-12)13-4-7-18-15(8-13)5-2-3-6-15/h12-14,17H,2-11H2,1H3. The van der Waals surface area contributed by atoms with Crippen molar-refractivity contribution in [2.75, 3.05) is 26.3 Å². The highest BCUT2D eigenvalue weighted by molar-refractivity contribution is 4.95. The highest BCUT2D eigenvalue weighted by atomic mass is 16.5. The van der Waals surface area contributed by atoms with Crippen LogP contribution in [0.15, 0.2) is 0 Å². The van der Waals surface area contributed by atoms with Crippen molar-refractivity contribution in [1.29, 1.82) is 0 Å². The Hall–Kier alpha value is -0.160. The summed E-state index contributed by atoms with van der Waals surface area (Å²) in [5.74, 6) is 0. The van der Waals surface area contributed by atoms with Crippen LogP contribution in [0.3, 0.4) is 0 Å². The highest BCUT2D eigenvalue weighted by Crippen LogP contribution is 2.41. The van der Waals surface area contributed by atoms with Gasteiger partial charge >= 0.3 is 0 Å². The number of aliphatic hydroxyl groups is 1. The summed E-state index contributed by atoms with van der Waals surface area (Å²) in [6, 6.07) is 0.618. The number of nitrogens with zero attached hydrogens (tertiary/aromatic N) is 1. The molecule has 2 saturated heterocycles. The lowest BCUT2D eigenvalue weighted by atomic mass is 9.87. The van der Waals surface area contributed by atoms with Gasteiger partial charge in [0.1, 0.15) is 0 Å². The summed E-state index contributed by atoms with van der Waals surface area (Å²) in [7, 11) is 0. The largest absolute Gasteiger partial charge is 0.394 e. The maximum Gasteiger partial charge on any atom is 0.0936 e. The minimum Gasteiger partial charge on any atom is -0.394 e. The SMILES string of the molecule is CC1CN(C2CCOC3(CCCC3)C2)CC(CO)O1. The topological polar surface area (TPSA) is 41.9 Å². The number of ether oxygens (including phenoxy) is 2. The van der Waals surface area contributed by atoms with Gasteiger partial charge in [0.15, 0.2) is 0 Å². The molecule has 1 aliphatic carbocycles. The van der Waals surface area contributed by atoms with Crippen molar-refractivity contribution in [2.24, 2.45) is 0 Å². The molecule has 3 atom stereocenters. The van der Waals surface area contributed by atoms with Crippen molar-refractivity contribution < 1.29 is 14.6 Å². The van der Waals surface area contributed by atoms with Crippen LogP contribution in [0.5, 0.6) is 0 Å². The van der Waals surface area contributed by atoms with Crippen LogP contribution in [0.1, 0.15) is 45.4 Å². The molecule has 0 bridgehead atoms. The predicted octanol–water partition coefficient (Wildman–Crippen LogP) is 1.56. The maximum atomic E-state index is 9.35. The molecule has 2 heterocycles. The van der Waals surface area contributed by atoms with Crippen LogP contribution in [-0.2, 0) is 9.47 Å². The van der Waals surface area contributed by atoms with Gasteiger partial charge in [0.2, 0.25) is 0 Å². The molecule has 0 aromatic rings. The van der Waals surface area contributed by atoms with E-state index in [9.17, 15) is 5.11 Å². The Morgan fingerprint density at radius 2 is 2.05 bits per heavy atom. The van der Waals surface area contributed by atoms with Crippen LogP contribution in [0, 0.1) is 0 Å². The van der Waals surface area contributed by atoms with E-state index < -0.39 is 0 Å². The summed E-state index contributed by atoms with van der Waals surface area (Å²) in [6.07, 6.45) is 7.67. The summed E-state index contributed by atoms with van der Waals surface area (Å²) in [4.78, 5) is 2.54. The van der Waals surface area contributed by atoms with Crippen LogP contribution >= 0.6 is 0 Å². The van der Waals surface area contributed by atoms with Crippen molar-refractivity contribution >= 4 is 0 Å². The summed E-state index contributed by atoms with van der Waals surface area (Å²) in [5, 5.41) is 9.35. The number of rotatable bonds is 2. The first kappa shape index (κ1) is 13.8. The van der Waals surface area contributed by atoms with Gasteiger partial charge in [-0.2, -0.15) is 0 Å². The molecule has 3 unspecified atom stereocenters. The Balaban J connectivity index is 1.64. The van der Waals surface area contributed by atoms with E-state index in [1.165, 1.54) is 32.1 Å². The van der Waals surface area contributed by atoms with Crippen molar-refractivity contribution in [3.05, 3.63) is 0 Å². The van der Waals surface area contributed by atoms with Gasteiger partial charge in [-0.1, -0.05) is 12.8 Å². The molecule has 1 N–H and O–H groups in total. The third-order valence-electron chi connectivity index (χ3n) is 5.06. The molecule has 4 heteroatoms. The van der Waals surface area contributed by atoms with Gasteiger partial charge in [0.05, 0.1) is 24.4 Å². The van der Waals surface area contributed by atoms with Gasteiger partial charge in [-0.25, -0.2) is 0 Å². The molecular weight excluding hydrogens is 242 g/mol. The fourth-order valence-electron chi connectivity index (χ4n) is 4.16. The Bertz CT molecular complexity index is 304. The third-order valence-corrected chi connectivity index (χ3v) is 5.06. The normalized spacial score (nSPS) is 39.8. The molecule has 0 aromatic heterocycles. The maximum absolute atomic E-state index is 9.35. The first-order valence-electron chi connectivity index (χ1n) is 7.85.